The predicted octanol–water partition coefficient (Wildman–Crippen LogP) is 4.10. The van der Waals surface area contributed by atoms with Crippen LogP contribution < -0.4 is 0 Å². The van der Waals surface area contributed by atoms with Crippen molar-refractivity contribution in [2.45, 2.75) is 59.0 Å². The van der Waals surface area contributed by atoms with Gasteiger partial charge in [0, 0.05) is 18.2 Å². The molecule has 1 aliphatic carbocycles. The van der Waals surface area contributed by atoms with Crippen molar-refractivity contribution in [3.8, 4) is 5.75 Å². The van der Waals surface area contributed by atoms with E-state index in [-0.39, 0.29) is 0 Å². The maximum Gasteiger partial charge on any atom is 0.120 e. The highest BCUT2D eigenvalue weighted by atomic mass is 16.3. The zero-order valence-electron chi connectivity index (χ0n) is 12.7. The van der Waals surface area contributed by atoms with E-state index in [0.717, 1.165) is 12.1 Å². The number of aryl methyl sites for hydroxylation is 1. The molecule has 2 heteroatoms. The summed E-state index contributed by atoms with van der Waals surface area (Å²) in [7, 11) is 2.19. The average Bonchev–Trinajstić information content (AvgIpc) is 2.33. The Morgan fingerprint density at radius 2 is 1.89 bits per heavy atom. The molecule has 0 unspecified atom stereocenters. The Morgan fingerprint density at radius 1 is 1.26 bits per heavy atom. The fourth-order valence-electron chi connectivity index (χ4n) is 3.06. The van der Waals surface area contributed by atoms with Crippen LogP contribution in [-0.4, -0.2) is 23.1 Å². The lowest BCUT2D eigenvalue weighted by Crippen LogP contribution is -2.36. The molecular formula is C17H27NO. The molecule has 0 spiro atoms. The van der Waals surface area contributed by atoms with Gasteiger partial charge in [-0.1, -0.05) is 31.5 Å². The number of rotatable bonds is 3. The van der Waals surface area contributed by atoms with Crippen LogP contribution in [-0.2, 0) is 6.54 Å². The number of phenols is 1. The number of hydrogen-bond acceptors (Lipinski definition) is 2. The van der Waals surface area contributed by atoms with Gasteiger partial charge in [-0.15, -0.1) is 0 Å². The van der Waals surface area contributed by atoms with Crippen molar-refractivity contribution < 1.29 is 5.11 Å². The fraction of sp³-hybridized carbons (Fsp3) is 0.647. The van der Waals surface area contributed by atoms with Gasteiger partial charge >= 0.3 is 0 Å². The van der Waals surface area contributed by atoms with E-state index in [1.807, 2.05) is 12.1 Å². The van der Waals surface area contributed by atoms with Crippen LogP contribution in [0.15, 0.2) is 18.2 Å². The summed E-state index contributed by atoms with van der Waals surface area (Å²) in [5.41, 5.74) is 2.78. The first-order valence-electron chi connectivity index (χ1n) is 7.36. The molecule has 0 radical (unpaired) electrons. The molecule has 2 rings (SSSR count). The Hall–Kier alpha value is -1.02. The van der Waals surface area contributed by atoms with Gasteiger partial charge in [-0.2, -0.15) is 0 Å². The number of aromatic hydroxyl groups is 1. The minimum atomic E-state index is 0.425. The third-order valence-electron chi connectivity index (χ3n) is 4.59. The number of benzene rings is 1. The van der Waals surface area contributed by atoms with Crippen LogP contribution in [0.1, 0.15) is 50.7 Å². The Labute approximate surface area is 117 Å². The number of nitrogens with zero attached hydrogens (tertiary/aromatic N) is 1. The second kappa shape index (κ2) is 5.54. The standard InChI is InChI=1S/C17H27NO/c1-13-5-6-16(19)14(11-13)12-18(4)15-7-9-17(2,3)10-8-15/h5-6,11,15,19H,7-10,12H2,1-4H3. The SMILES string of the molecule is Cc1ccc(O)c(CN(C)C2CCC(C)(C)CC2)c1. The van der Waals surface area contributed by atoms with E-state index in [1.54, 1.807) is 0 Å². The van der Waals surface area contributed by atoms with Crippen LogP contribution in [0.3, 0.4) is 0 Å². The monoisotopic (exact) mass is 261 g/mol. The quantitative estimate of drug-likeness (QED) is 0.885. The third-order valence-corrected chi connectivity index (χ3v) is 4.59. The molecule has 1 aromatic rings. The summed E-state index contributed by atoms with van der Waals surface area (Å²) in [4.78, 5) is 2.41. The second-order valence-corrected chi connectivity index (χ2v) is 6.94. The van der Waals surface area contributed by atoms with E-state index in [2.05, 4.69) is 38.8 Å². The van der Waals surface area contributed by atoms with Crippen LogP contribution in [0.4, 0.5) is 0 Å². The maximum atomic E-state index is 9.94. The fourth-order valence-corrected chi connectivity index (χ4v) is 3.06. The van der Waals surface area contributed by atoms with E-state index < -0.39 is 0 Å². The van der Waals surface area contributed by atoms with Gasteiger partial charge in [0.15, 0.2) is 0 Å². The van der Waals surface area contributed by atoms with Crippen LogP contribution in [0.5, 0.6) is 5.75 Å². The first kappa shape index (κ1) is 14.4. The number of hydrogen-bond donors (Lipinski definition) is 1. The molecule has 106 valence electrons. The van der Waals surface area contributed by atoms with E-state index in [4.69, 9.17) is 0 Å². The molecular weight excluding hydrogens is 234 g/mol. The molecule has 1 fully saturated rings. The Morgan fingerprint density at radius 3 is 2.53 bits per heavy atom. The smallest absolute Gasteiger partial charge is 0.120 e. The second-order valence-electron chi connectivity index (χ2n) is 6.94. The van der Waals surface area contributed by atoms with Gasteiger partial charge in [0.05, 0.1) is 0 Å². The summed E-state index contributed by atoms with van der Waals surface area (Å²) in [6, 6.07) is 6.52. The molecule has 1 aromatic carbocycles. The van der Waals surface area contributed by atoms with Crippen LogP contribution in [0.25, 0.3) is 0 Å². The molecule has 1 N–H and O–H groups in total. The minimum Gasteiger partial charge on any atom is -0.508 e. The Kier molecular flexibility index (Phi) is 4.19. The first-order valence-corrected chi connectivity index (χ1v) is 7.36. The summed E-state index contributed by atoms with van der Waals surface area (Å²) >= 11 is 0. The van der Waals surface area contributed by atoms with Gasteiger partial charge in [-0.3, -0.25) is 4.90 Å². The van der Waals surface area contributed by atoms with Crippen LogP contribution in [0.2, 0.25) is 0 Å². The lowest BCUT2D eigenvalue weighted by molar-refractivity contribution is 0.122. The Bertz CT molecular complexity index is 429. The molecule has 1 aliphatic rings. The van der Waals surface area contributed by atoms with E-state index in [0.29, 0.717) is 17.2 Å². The van der Waals surface area contributed by atoms with Gasteiger partial charge < -0.3 is 5.11 Å². The lowest BCUT2D eigenvalue weighted by atomic mass is 9.75. The van der Waals surface area contributed by atoms with Gasteiger partial charge in [0.2, 0.25) is 0 Å². The van der Waals surface area contributed by atoms with Gasteiger partial charge in [-0.05, 0) is 51.1 Å². The van der Waals surface area contributed by atoms with Crippen molar-refractivity contribution in [1.82, 2.24) is 4.90 Å². The van der Waals surface area contributed by atoms with Crippen molar-refractivity contribution in [3.05, 3.63) is 29.3 Å². The summed E-state index contributed by atoms with van der Waals surface area (Å²) < 4.78 is 0. The molecule has 0 aliphatic heterocycles. The highest BCUT2D eigenvalue weighted by Crippen LogP contribution is 2.37. The molecule has 19 heavy (non-hydrogen) atoms. The molecule has 0 amide bonds. The molecule has 2 nitrogen and oxygen atoms in total. The third kappa shape index (κ3) is 3.73. The summed E-state index contributed by atoms with van der Waals surface area (Å²) in [5.74, 6) is 0.425. The molecule has 1 saturated carbocycles. The zero-order valence-corrected chi connectivity index (χ0v) is 12.7. The van der Waals surface area contributed by atoms with Crippen molar-refractivity contribution in [3.63, 3.8) is 0 Å². The van der Waals surface area contributed by atoms with Gasteiger partial charge in [0.25, 0.3) is 0 Å². The summed E-state index contributed by atoms with van der Waals surface area (Å²) in [6.07, 6.45) is 5.16. The summed E-state index contributed by atoms with van der Waals surface area (Å²) in [6.45, 7) is 7.66. The van der Waals surface area contributed by atoms with Crippen LogP contribution >= 0.6 is 0 Å². The van der Waals surface area contributed by atoms with E-state index in [9.17, 15) is 5.11 Å². The average molecular weight is 261 g/mol. The van der Waals surface area contributed by atoms with Gasteiger partial charge in [0.1, 0.15) is 5.75 Å². The minimum absolute atomic E-state index is 0.425. The predicted molar refractivity (Wildman–Crippen MR) is 80.3 cm³/mol. The Balaban J connectivity index is 1.98. The van der Waals surface area contributed by atoms with Crippen molar-refractivity contribution >= 4 is 0 Å². The topological polar surface area (TPSA) is 23.5 Å². The first-order chi connectivity index (χ1) is 8.87. The lowest BCUT2D eigenvalue weighted by Gasteiger charge is -2.38. The molecule has 0 bridgehead atoms. The van der Waals surface area contributed by atoms with Crippen molar-refractivity contribution in [1.29, 1.82) is 0 Å². The summed E-state index contributed by atoms with van der Waals surface area (Å²) in [5, 5.41) is 9.94. The molecule has 0 saturated heterocycles. The number of phenolic OH excluding ortho intramolecular Hbond substituents is 1. The molecule has 0 heterocycles. The highest BCUT2D eigenvalue weighted by molar-refractivity contribution is 5.35. The zero-order chi connectivity index (χ0) is 14.0. The van der Waals surface area contributed by atoms with Gasteiger partial charge in [-0.25, -0.2) is 0 Å². The molecule has 0 aromatic heterocycles. The van der Waals surface area contributed by atoms with Crippen molar-refractivity contribution in [2.24, 2.45) is 5.41 Å². The van der Waals surface area contributed by atoms with Crippen LogP contribution in [0, 0.1) is 12.3 Å². The highest BCUT2D eigenvalue weighted by Gasteiger charge is 2.28. The van der Waals surface area contributed by atoms with E-state index in [1.165, 1.54) is 31.2 Å². The molecule has 0 atom stereocenters. The van der Waals surface area contributed by atoms with E-state index >= 15 is 0 Å². The normalized spacial score (nSPS) is 19.8. The largest absolute Gasteiger partial charge is 0.508 e. The van der Waals surface area contributed by atoms with Crippen molar-refractivity contribution in [2.75, 3.05) is 7.05 Å². The maximum absolute atomic E-state index is 9.94.